The lowest BCUT2D eigenvalue weighted by atomic mass is 10.1. The van der Waals surface area contributed by atoms with Crippen LogP contribution in [0.3, 0.4) is 0 Å². The first-order chi connectivity index (χ1) is 19.2. The second-order valence-electron chi connectivity index (χ2n) is 8.85. The molecule has 190 valence electrons. The lowest BCUT2D eigenvalue weighted by Crippen LogP contribution is -2.09. The van der Waals surface area contributed by atoms with E-state index >= 15 is 4.39 Å². The van der Waals surface area contributed by atoms with Gasteiger partial charge in [-0.2, -0.15) is 16.4 Å². The van der Waals surface area contributed by atoms with Crippen LogP contribution in [0.5, 0.6) is 0 Å². The number of aromatic nitrogens is 7. The van der Waals surface area contributed by atoms with Gasteiger partial charge in [-0.3, -0.25) is 20.1 Å². The number of imidazole rings is 1. The van der Waals surface area contributed by atoms with Crippen LogP contribution in [0, 0.1) is 5.82 Å². The number of nitrogens with zero attached hydrogens (tertiary/aromatic N) is 5. The van der Waals surface area contributed by atoms with E-state index in [-0.39, 0.29) is 11.1 Å². The number of hydrogen-bond donors (Lipinski definition) is 4. The van der Waals surface area contributed by atoms with Crippen LogP contribution in [0.2, 0.25) is 0 Å². The highest BCUT2D eigenvalue weighted by Crippen LogP contribution is 2.34. The smallest absolute Gasteiger partial charge is 0.161 e. The number of rotatable bonds is 6. The number of aliphatic hydroxyl groups is 1. The summed E-state index contributed by atoms with van der Waals surface area (Å²) in [6.07, 6.45) is 5.38. The molecular formula is C28H19FN8OS. The standard InChI is InChI=1S/C28H19FN8OS/c29-22-21-20(13-32-23(22)17-10-18(12-30-11-17)33-28(38)15-4-2-1-3-5-15)36-37-26(21)27-34-19-6-8-31-24(25(19)35-27)16-7-9-39-14-16/h1-14,28,33,38H,(H,34,35)(H,36,37). The first-order valence-corrected chi connectivity index (χ1v) is 12.9. The zero-order valence-electron chi connectivity index (χ0n) is 20.1. The van der Waals surface area contributed by atoms with E-state index in [1.165, 1.54) is 12.4 Å². The van der Waals surface area contributed by atoms with Gasteiger partial charge in [0.1, 0.15) is 16.9 Å². The number of hydrogen-bond acceptors (Lipinski definition) is 8. The topological polar surface area (TPSA) is 128 Å². The van der Waals surface area contributed by atoms with Gasteiger partial charge in [0.05, 0.1) is 40.2 Å². The van der Waals surface area contributed by atoms with Crippen molar-refractivity contribution in [2.75, 3.05) is 5.32 Å². The molecule has 1 atom stereocenters. The molecule has 0 amide bonds. The van der Waals surface area contributed by atoms with E-state index in [1.54, 1.807) is 29.8 Å². The van der Waals surface area contributed by atoms with Gasteiger partial charge < -0.3 is 15.4 Å². The summed E-state index contributed by atoms with van der Waals surface area (Å²) in [4.78, 5) is 21.1. The second-order valence-corrected chi connectivity index (χ2v) is 9.63. The predicted molar refractivity (Wildman–Crippen MR) is 148 cm³/mol. The fourth-order valence-electron chi connectivity index (χ4n) is 4.53. The van der Waals surface area contributed by atoms with Gasteiger partial charge in [-0.25, -0.2) is 9.37 Å². The average molecular weight is 535 g/mol. The fraction of sp³-hybridized carbons (Fsp3) is 0.0357. The van der Waals surface area contributed by atoms with Gasteiger partial charge in [0.15, 0.2) is 17.9 Å². The number of aromatic amines is 2. The van der Waals surface area contributed by atoms with Gasteiger partial charge >= 0.3 is 0 Å². The third-order valence-corrected chi connectivity index (χ3v) is 7.08. The molecule has 4 N–H and O–H groups in total. The molecule has 0 saturated heterocycles. The minimum atomic E-state index is -0.953. The number of halogens is 1. The Morgan fingerprint density at radius 1 is 0.923 bits per heavy atom. The van der Waals surface area contributed by atoms with Gasteiger partial charge in [-0.15, -0.1) is 0 Å². The lowest BCUT2D eigenvalue weighted by Gasteiger charge is -2.15. The highest BCUT2D eigenvalue weighted by Gasteiger charge is 2.22. The van der Waals surface area contributed by atoms with Crippen LogP contribution >= 0.6 is 11.3 Å². The predicted octanol–water partition coefficient (Wildman–Crippen LogP) is 5.93. The van der Waals surface area contributed by atoms with E-state index in [1.807, 2.05) is 53.2 Å². The van der Waals surface area contributed by atoms with E-state index < -0.39 is 12.0 Å². The van der Waals surface area contributed by atoms with Crippen LogP contribution in [0.25, 0.3) is 56.0 Å². The largest absolute Gasteiger partial charge is 0.369 e. The van der Waals surface area contributed by atoms with E-state index in [2.05, 4.69) is 35.5 Å². The molecule has 9 nitrogen and oxygen atoms in total. The van der Waals surface area contributed by atoms with Gasteiger partial charge in [0.25, 0.3) is 0 Å². The van der Waals surface area contributed by atoms with Crippen molar-refractivity contribution in [2.45, 2.75) is 6.23 Å². The number of pyridine rings is 3. The number of fused-ring (bicyclic) bond motifs is 2. The van der Waals surface area contributed by atoms with Crippen LogP contribution in [-0.4, -0.2) is 40.2 Å². The Morgan fingerprint density at radius 3 is 2.67 bits per heavy atom. The normalized spacial score (nSPS) is 12.3. The lowest BCUT2D eigenvalue weighted by molar-refractivity contribution is 0.208. The number of benzene rings is 1. The molecule has 39 heavy (non-hydrogen) atoms. The number of H-pyrrole nitrogens is 2. The summed E-state index contributed by atoms with van der Waals surface area (Å²) >= 11 is 1.58. The summed E-state index contributed by atoms with van der Waals surface area (Å²) < 4.78 is 16.1. The van der Waals surface area contributed by atoms with E-state index in [4.69, 9.17) is 4.98 Å². The molecule has 7 aromatic rings. The highest BCUT2D eigenvalue weighted by molar-refractivity contribution is 7.08. The zero-order chi connectivity index (χ0) is 26.3. The zero-order valence-corrected chi connectivity index (χ0v) is 20.9. The molecule has 0 fully saturated rings. The molecule has 1 aromatic carbocycles. The minimum absolute atomic E-state index is 0.104. The van der Waals surface area contributed by atoms with Gasteiger partial charge in [-0.1, -0.05) is 30.3 Å². The molecule has 7 rings (SSSR count). The van der Waals surface area contributed by atoms with Crippen molar-refractivity contribution >= 4 is 39.0 Å². The van der Waals surface area contributed by atoms with Crippen LogP contribution in [-0.2, 0) is 0 Å². The van der Waals surface area contributed by atoms with Crippen molar-refractivity contribution < 1.29 is 9.50 Å². The summed E-state index contributed by atoms with van der Waals surface area (Å²) in [6, 6.07) is 14.7. The molecule has 0 saturated carbocycles. The molecule has 0 bridgehead atoms. The summed E-state index contributed by atoms with van der Waals surface area (Å²) in [5.74, 6) is -0.147. The maximum atomic E-state index is 16.1. The Kier molecular flexibility index (Phi) is 5.57. The highest BCUT2D eigenvalue weighted by atomic mass is 32.1. The van der Waals surface area contributed by atoms with E-state index in [9.17, 15) is 5.11 Å². The summed E-state index contributed by atoms with van der Waals surface area (Å²) in [6.45, 7) is 0. The van der Waals surface area contributed by atoms with E-state index in [0.717, 1.165) is 16.8 Å². The quantitative estimate of drug-likeness (QED) is 0.195. The van der Waals surface area contributed by atoms with Crippen molar-refractivity contribution in [1.82, 2.24) is 35.1 Å². The first kappa shape index (κ1) is 23.1. The SMILES string of the molecule is OC(Nc1cncc(-c2ncc3[nH]nc(-c4nc5c(-c6ccsc6)nccc5[nH]4)c3c2F)c1)c1ccccc1. The third-order valence-electron chi connectivity index (χ3n) is 6.39. The molecule has 6 aromatic heterocycles. The molecule has 0 spiro atoms. The summed E-state index contributed by atoms with van der Waals surface area (Å²) in [5, 5.41) is 25.0. The maximum absolute atomic E-state index is 16.1. The Hall–Kier alpha value is -5.00. The summed E-state index contributed by atoms with van der Waals surface area (Å²) in [5.41, 5.74) is 5.68. The Balaban J connectivity index is 1.28. The molecule has 11 heteroatoms. The van der Waals surface area contributed by atoms with Gasteiger partial charge in [0, 0.05) is 34.5 Å². The molecule has 1 unspecified atom stereocenters. The summed E-state index contributed by atoms with van der Waals surface area (Å²) in [7, 11) is 0. The molecule has 0 aliphatic heterocycles. The van der Waals surface area contributed by atoms with Crippen LogP contribution in [0.1, 0.15) is 11.8 Å². The Bertz CT molecular complexity index is 1930. The number of nitrogens with one attached hydrogen (secondary N) is 3. The van der Waals surface area contributed by atoms with Crippen molar-refractivity contribution in [2.24, 2.45) is 0 Å². The van der Waals surface area contributed by atoms with Crippen molar-refractivity contribution in [3.05, 3.63) is 95.5 Å². The number of aliphatic hydroxyl groups excluding tert-OH is 1. The molecule has 6 heterocycles. The monoisotopic (exact) mass is 534 g/mol. The fourth-order valence-corrected chi connectivity index (χ4v) is 5.17. The average Bonchev–Trinajstić information content (AvgIpc) is 3.73. The molecule has 0 aliphatic carbocycles. The van der Waals surface area contributed by atoms with Crippen LogP contribution in [0.4, 0.5) is 10.1 Å². The molecule has 0 radical (unpaired) electrons. The second kappa shape index (κ2) is 9.39. The first-order valence-electron chi connectivity index (χ1n) is 12.0. The minimum Gasteiger partial charge on any atom is -0.369 e. The number of thiophene rings is 1. The van der Waals surface area contributed by atoms with Gasteiger partial charge in [-0.05, 0) is 23.6 Å². The van der Waals surface area contributed by atoms with E-state index in [0.29, 0.717) is 39.4 Å². The van der Waals surface area contributed by atoms with Crippen molar-refractivity contribution in [1.29, 1.82) is 0 Å². The van der Waals surface area contributed by atoms with Gasteiger partial charge in [0.2, 0.25) is 0 Å². The molecular weight excluding hydrogens is 515 g/mol. The third kappa shape index (κ3) is 4.10. The maximum Gasteiger partial charge on any atom is 0.161 e. The Labute approximate surface area is 224 Å². The molecule has 0 aliphatic rings. The Morgan fingerprint density at radius 2 is 1.82 bits per heavy atom. The van der Waals surface area contributed by atoms with Crippen molar-refractivity contribution in [3.8, 4) is 34.0 Å². The van der Waals surface area contributed by atoms with Crippen molar-refractivity contribution in [3.63, 3.8) is 0 Å². The number of anilines is 1. The van der Waals surface area contributed by atoms with Crippen LogP contribution < -0.4 is 5.32 Å². The van der Waals surface area contributed by atoms with Crippen LogP contribution in [0.15, 0.2) is 84.1 Å².